The minimum Gasteiger partial charge on any atom is -0.497 e. The van der Waals surface area contributed by atoms with Gasteiger partial charge in [-0.25, -0.2) is 5.43 Å². The van der Waals surface area contributed by atoms with E-state index in [1.807, 2.05) is 0 Å². The highest BCUT2D eigenvalue weighted by atomic mass is 35.5. The van der Waals surface area contributed by atoms with Gasteiger partial charge in [0, 0.05) is 22.8 Å². The summed E-state index contributed by atoms with van der Waals surface area (Å²) in [6.45, 7) is -0.0780. The van der Waals surface area contributed by atoms with Gasteiger partial charge in [-0.15, -0.1) is 0 Å². The number of carbonyl (C=O) groups excluding carboxylic acids is 3. The fourth-order valence-corrected chi connectivity index (χ4v) is 3.03. The minimum atomic E-state index is -0.922. The summed E-state index contributed by atoms with van der Waals surface area (Å²) in [6.07, 6.45) is 1.32. The molecular formula is C25H23ClN4O5. The van der Waals surface area contributed by atoms with E-state index in [-0.39, 0.29) is 19.1 Å². The Hall–Kier alpha value is -4.37. The third-order valence-electron chi connectivity index (χ3n) is 4.57. The Labute approximate surface area is 207 Å². The maximum absolute atomic E-state index is 12.2. The molecule has 0 saturated heterocycles. The lowest BCUT2D eigenvalue weighted by atomic mass is 10.2. The number of anilines is 1. The molecule has 0 aliphatic rings. The molecule has 0 unspecified atom stereocenters. The Bertz CT molecular complexity index is 1210. The monoisotopic (exact) mass is 494 g/mol. The van der Waals surface area contributed by atoms with Crippen molar-refractivity contribution < 1.29 is 23.9 Å². The van der Waals surface area contributed by atoms with Crippen molar-refractivity contribution in [2.45, 2.75) is 6.54 Å². The molecular weight excluding hydrogens is 472 g/mol. The van der Waals surface area contributed by atoms with Gasteiger partial charge in [-0.1, -0.05) is 41.9 Å². The van der Waals surface area contributed by atoms with Crippen molar-refractivity contribution in [1.82, 2.24) is 10.7 Å². The van der Waals surface area contributed by atoms with Gasteiger partial charge in [-0.05, 0) is 48.0 Å². The van der Waals surface area contributed by atoms with Crippen molar-refractivity contribution in [2.75, 3.05) is 19.0 Å². The van der Waals surface area contributed by atoms with Crippen LogP contribution < -0.4 is 25.5 Å². The van der Waals surface area contributed by atoms with Crippen LogP contribution in [-0.2, 0) is 20.9 Å². The van der Waals surface area contributed by atoms with E-state index >= 15 is 0 Å². The molecule has 0 aliphatic heterocycles. The summed E-state index contributed by atoms with van der Waals surface area (Å²) in [5.74, 6) is -1.07. The number of hydrogen-bond acceptors (Lipinski definition) is 6. The van der Waals surface area contributed by atoms with Gasteiger partial charge in [0.15, 0.2) is 6.61 Å². The van der Waals surface area contributed by atoms with Crippen LogP contribution in [0.3, 0.4) is 0 Å². The van der Waals surface area contributed by atoms with Gasteiger partial charge in [0.2, 0.25) is 0 Å². The average Bonchev–Trinajstić information content (AvgIpc) is 2.87. The highest BCUT2D eigenvalue weighted by Crippen LogP contribution is 2.17. The molecule has 9 nitrogen and oxygen atoms in total. The minimum absolute atomic E-state index is 0.174. The zero-order chi connectivity index (χ0) is 25.0. The normalized spacial score (nSPS) is 10.5. The van der Waals surface area contributed by atoms with Crippen molar-refractivity contribution in [3.8, 4) is 11.5 Å². The van der Waals surface area contributed by atoms with Crippen molar-refractivity contribution >= 4 is 41.2 Å². The Morgan fingerprint density at radius 1 is 0.971 bits per heavy atom. The van der Waals surface area contributed by atoms with E-state index in [1.54, 1.807) is 79.9 Å². The first-order valence-corrected chi connectivity index (χ1v) is 10.8. The van der Waals surface area contributed by atoms with E-state index in [1.165, 1.54) is 6.21 Å². The lowest BCUT2D eigenvalue weighted by Gasteiger charge is -2.10. The van der Waals surface area contributed by atoms with E-state index in [0.29, 0.717) is 27.8 Å². The topological polar surface area (TPSA) is 118 Å². The Kier molecular flexibility index (Phi) is 9.21. The second kappa shape index (κ2) is 12.8. The molecule has 0 atom stereocenters. The van der Waals surface area contributed by atoms with Gasteiger partial charge in [-0.2, -0.15) is 5.10 Å². The number of hydrazone groups is 1. The molecule has 3 aromatic carbocycles. The van der Waals surface area contributed by atoms with Crippen LogP contribution in [0, 0.1) is 0 Å². The number of nitrogens with zero attached hydrogens (tertiary/aromatic N) is 1. The number of carbonyl (C=O) groups is 3. The third-order valence-corrected chi connectivity index (χ3v) is 4.81. The molecule has 35 heavy (non-hydrogen) atoms. The summed E-state index contributed by atoms with van der Waals surface area (Å²) in [5.41, 5.74) is 4.02. The van der Waals surface area contributed by atoms with Crippen molar-refractivity contribution in [1.29, 1.82) is 0 Å². The van der Waals surface area contributed by atoms with Gasteiger partial charge < -0.3 is 20.1 Å². The number of ether oxygens (including phenoxy) is 2. The molecule has 0 saturated carbocycles. The van der Waals surface area contributed by atoms with Crippen LogP contribution in [0.25, 0.3) is 0 Å². The number of nitrogens with one attached hydrogen (secondary N) is 3. The van der Waals surface area contributed by atoms with Crippen LogP contribution in [0.4, 0.5) is 5.69 Å². The molecule has 3 rings (SSSR count). The highest BCUT2D eigenvalue weighted by Gasteiger charge is 2.12. The van der Waals surface area contributed by atoms with E-state index in [4.69, 9.17) is 21.1 Å². The number of amides is 3. The van der Waals surface area contributed by atoms with E-state index in [2.05, 4.69) is 21.2 Å². The van der Waals surface area contributed by atoms with Crippen molar-refractivity contribution in [2.24, 2.45) is 5.10 Å². The molecule has 3 aromatic rings. The molecule has 0 fully saturated rings. The summed E-state index contributed by atoms with van der Waals surface area (Å²) in [4.78, 5) is 36.2. The standard InChI is InChI=1S/C25H23ClN4O5/c1-34-21-11-9-17(10-12-21)14-27-24(32)25(33)30-28-15-18-5-2-3-8-22(18)35-16-23(31)29-20-7-4-6-19(26)13-20/h2-13,15H,14,16H2,1H3,(H,27,32)(H,29,31)(H,30,33)/b28-15-. The maximum atomic E-state index is 12.2. The average molecular weight is 495 g/mol. The quantitative estimate of drug-likeness (QED) is 0.240. The molecule has 0 spiro atoms. The van der Waals surface area contributed by atoms with E-state index in [0.717, 1.165) is 5.56 Å². The zero-order valence-electron chi connectivity index (χ0n) is 18.8. The molecule has 0 aromatic heterocycles. The number of methoxy groups -OCH3 is 1. The summed E-state index contributed by atoms with van der Waals surface area (Å²) < 4.78 is 10.6. The molecule has 10 heteroatoms. The first-order chi connectivity index (χ1) is 16.9. The number of halogens is 1. The Morgan fingerprint density at radius 2 is 1.74 bits per heavy atom. The van der Waals surface area contributed by atoms with Gasteiger partial charge in [-0.3, -0.25) is 14.4 Å². The molecule has 0 bridgehead atoms. The maximum Gasteiger partial charge on any atom is 0.329 e. The van der Waals surface area contributed by atoms with E-state index < -0.39 is 11.8 Å². The first-order valence-electron chi connectivity index (χ1n) is 10.5. The highest BCUT2D eigenvalue weighted by molar-refractivity contribution is 6.35. The largest absolute Gasteiger partial charge is 0.497 e. The fraction of sp³-hybridized carbons (Fsp3) is 0.120. The zero-order valence-corrected chi connectivity index (χ0v) is 19.5. The predicted molar refractivity (Wildman–Crippen MR) is 133 cm³/mol. The number of para-hydroxylation sites is 1. The third kappa shape index (κ3) is 8.17. The molecule has 0 heterocycles. The van der Waals surface area contributed by atoms with Crippen molar-refractivity contribution in [3.05, 3.63) is 88.9 Å². The van der Waals surface area contributed by atoms with Crippen LogP contribution in [0.1, 0.15) is 11.1 Å². The molecule has 3 amide bonds. The van der Waals surface area contributed by atoms with Crippen LogP contribution in [0.5, 0.6) is 11.5 Å². The Morgan fingerprint density at radius 3 is 2.49 bits per heavy atom. The number of rotatable bonds is 9. The number of benzene rings is 3. The van der Waals surface area contributed by atoms with Gasteiger partial charge in [0.1, 0.15) is 11.5 Å². The van der Waals surface area contributed by atoms with Crippen LogP contribution in [-0.4, -0.2) is 37.7 Å². The molecule has 180 valence electrons. The molecule has 3 N–H and O–H groups in total. The molecule has 0 radical (unpaired) electrons. The summed E-state index contributed by atoms with van der Waals surface area (Å²) >= 11 is 5.91. The predicted octanol–water partition coefficient (Wildman–Crippen LogP) is 3.13. The summed E-state index contributed by atoms with van der Waals surface area (Å²) in [7, 11) is 1.56. The van der Waals surface area contributed by atoms with Crippen LogP contribution in [0.15, 0.2) is 77.9 Å². The second-order valence-corrected chi connectivity index (χ2v) is 7.55. The fourth-order valence-electron chi connectivity index (χ4n) is 2.84. The SMILES string of the molecule is COc1ccc(CNC(=O)C(=O)N/N=C\c2ccccc2OCC(=O)Nc2cccc(Cl)c2)cc1. The van der Waals surface area contributed by atoms with Crippen LogP contribution in [0.2, 0.25) is 5.02 Å². The second-order valence-electron chi connectivity index (χ2n) is 7.11. The van der Waals surface area contributed by atoms with E-state index in [9.17, 15) is 14.4 Å². The van der Waals surface area contributed by atoms with Gasteiger partial charge in [0.05, 0.1) is 13.3 Å². The molecule has 0 aliphatic carbocycles. The van der Waals surface area contributed by atoms with Crippen LogP contribution >= 0.6 is 11.6 Å². The number of hydrogen-bond donors (Lipinski definition) is 3. The van der Waals surface area contributed by atoms with Crippen molar-refractivity contribution in [3.63, 3.8) is 0 Å². The Balaban J connectivity index is 1.48. The lowest BCUT2D eigenvalue weighted by molar-refractivity contribution is -0.139. The lowest BCUT2D eigenvalue weighted by Crippen LogP contribution is -2.37. The summed E-state index contributed by atoms with van der Waals surface area (Å²) in [6, 6.07) is 20.6. The smallest absolute Gasteiger partial charge is 0.329 e. The first kappa shape index (κ1) is 25.3. The van der Waals surface area contributed by atoms with Gasteiger partial charge >= 0.3 is 11.8 Å². The van der Waals surface area contributed by atoms with Gasteiger partial charge in [0.25, 0.3) is 5.91 Å². The summed E-state index contributed by atoms with van der Waals surface area (Å²) in [5, 5.41) is 9.50.